The molecule has 0 aliphatic carbocycles. The van der Waals surface area contributed by atoms with Crippen molar-refractivity contribution in [3.8, 4) is 0 Å². The van der Waals surface area contributed by atoms with E-state index in [9.17, 15) is 22.4 Å². The highest BCUT2D eigenvalue weighted by Gasteiger charge is 2.34. The second kappa shape index (κ2) is 6.17. The third-order valence-electron chi connectivity index (χ3n) is 2.98. The van der Waals surface area contributed by atoms with Crippen molar-refractivity contribution in [2.24, 2.45) is 7.05 Å². The Morgan fingerprint density at radius 3 is 2.41 bits per heavy atom. The summed E-state index contributed by atoms with van der Waals surface area (Å²) in [4.78, 5) is 16.6. The summed E-state index contributed by atoms with van der Waals surface area (Å²) < 4.78 is 52.3. The van der Waals surface area contributed by atoms with E-state index in [0.717, 1.165) is 12.1 Å². The van der Waals surface area contributed by atoms with E-state index in [-0.39, 0.29) is 12.2 Å². The molecule has 1 aromatic heterocycles. The number of hydrogen-bond acceptors (Lipinski definition) is 2. The number of halogens is 4. The van der Waals surface area contributed by atoms with Gasteiger partial charge in [0, 0.05) is 13.6 Å². The summed E-state index contributed by atoms with van der Waals surface area (Å²) in [6.45, 7) is -1.67. The van der Waals surface area contributed by atoms with Crippen LogP contribution in [0.15, 0.2) is 36.8 Å². The Balaban J connectivity index is 2.24. The molecule has 2 aromatic rings. The molecule has 0 N–H and O–H groups in total. The number of carbonyl (C=O) groups excluding carboxylic acids is 1. The predicted octanol–water partition coefficient (Wildman–Crippen LogP) is 2.76. The first-order valence-corrected chi connectivity index (χ1v) is 6.33. The van der Waals surface area contributed by atoms with Gasteiger partial charge in [0.1, 0.15) is 18.1 Å². The monoisotopic (exact) mass is 315 g/mol. The topological polar surface area (TPSA) is 38.1 Å². The molecule has 0 bridgehead atoms. The van der Waals surface area contributed by atoms with Crippen LogP contribution in [0.4, 0.5) is 17.6 Å². The normalized spacial score (nSPS) is 11.5. The van der Waals surface area contributed by atoms with E-state index in [1.807, 2.05) is 0 Å². The van der Waals surface area contributed by atoms with Crippen molar-refractivity contribution in [3.05, 3.63) is 53.9 Å². The zero-order valence-corrected chi connectivity index (χ0v) is 11.6. The predicted molar refractivity (Wildman–Crippen MR) is 70.4 cm³/mol. The summed E-state index contributed by atoms with van der Waals surface area (Å²) >= 11 is 0. The lowest BCUT2D eigenvalue weighted by molar-refractivity contribution is -0.141. The van der Waals surface area contributed by atoms with Crippen LogP contribution in [-0.4, -0.2) is 33.1 Å². The van der Waals surface area contributed by atoms with Crippen molar-refractivity contribution in [3.63, 3.8) is 0 Å². The average molecular weight is 315 g/mol. The van der Waals surface area contributed by atoms with Crippen molar-refractivity contribution < 1.29 is 22.4 Å². The first kappa shape index (κ1) is 16.0. The molecule has 4 nitrogen and oxygen atoms in total. The van der Waals surface area contributed by atoms with Gasteiger partial charge in [-0.15, -0.1) is 0 Å². The van der Waals surface area contributed by atoms with Gasteiger partial charge in [-0.25, -0.2) is 9.37 Å². The van der Waals surface area contributed by atoms with Crippen molar-refractivity contribution >= 4 is 5.91 Å². The summed E-state index contributed by atoms with van der Waals surface area (Å²) in [7, 11) is 1.52. The minimum atomic E-state index is -4.53. The molecule has 1 aromatic carbocycles. The number of benzene rings is 1. The fourth-order valence-corrected chi connectivity index (χ4v) is 1.95. The number of aromatic nitrogens is 2. The number of aryl methyl sites for hydroxylation is 1. The number of carbonyl (C=O) groups is 1. The number of amides is 1. The molecule has 0 saturated heterocycles. The third kappa shape index (κ3) is 4.06. The third-order valence-corrected chi connectivity index (χ3v) is 2.98. The van der Waals surface area contributed by atoms with Crippen molar-refractivity contribution in [1.29, 1.82) is 0 Å². The Morgan fingerprint density at radius 2 is 1.91 bits per heavy atom. The second-order valence-electron chi connectivity index (χ2n) is 4.79. The van der Waals surface area contributed by atoms with Crippen LogP contribution in [0.1, 0.15) is 16.1 Å². The van der Waals surface area contributed by atoms with Gasteiger partial charge in [-0.2, -0.15) is 13.2 Å². The van der Waals surface area contributed by atoms with E-state index in [1.54, 1.807) is 0 Å². The number of nitrogens with zero attached hydrogens (tertiary/aromatic N) is 3. The van der Waals surface area contributed by atoms with Gasteiger partial charge in [0.15, 0.2) is 0 Å². The van der Waals surface area contributed by atoms with Crippen LogP contribution < -0.4 is 0 Å². The van der Waals surface area contributed by atoms with E-state index in [4.69, 9.17) is 0 Å². The van der Waals surface area contributed by atoms with Crippen LogP contribution in [0.2, 0.25) is 0 Å². The first-order valence-electron chi connectivity index (χ1n) is 6.33. The zero-order valence-electron chi connectivity index (χ0n) is 11.6. The van der Waals surface area contributed by atoms with Gasteiger partial charge in [0.05, 0.1) is 12.5 Å². The molecule has 0 radical (unpaired) electrons. The summed E-state index contributed by atoms with van der Waals surface area (Å²) in [5, 5.41) is 0. The molecule has 8 heteroatoms. The maximum atomic E-state index is 12.9. The molecule has 0 spiro atoms. The van der Waals surface area contributed by atoms with Crippen LogP contribution in [-0.2, 0) is 13.6 Å². The van der Waals surface area contributed by atoms with E-state index in [2.05, 4.69) is 4.98 Å². The Hall–Kier alpha value is -2.38. The lowest BCUT2D eigenvalue weighted by Gasteiger charge is -2.24. The number of hydrogen-bond donors (Lipinski definition) is 0. The largest absolute Gasteiger partial charge is 0.406 e. The van der Waals surface area contributed by atoms with Crippen molar-refractivity contribution in [1.82, 2.24) is 14.5 Å². The first-order chi connectivity index (χ1) is 10.3. The highest BCUT2D eigenvalue weighted by molar-refractivity contribution is 5.92. The molecule has 2 rings (SSSR count). The van der Waals surface area contributed by atoms with E-state index in [0.29, 0.717) is 10.5 Å². The van der Waals surface area contributed by atoms with Gasteiger partial charge in [-0.3, -0.25) is 4.79 Å². The summed E-state index contributed by atoms with van der Waals surface area (Å²) in [6.07, 6.45) is -2.00. The maximum Gasteiger partial charge on any atom is 0.406 e. The van der Waals surface area contributed by atoms with Crippen LogP contribution in [0, 0.1) is 5.82 Å². The standard InChI is InChI=1S/C14H13F4N3O/c1-20-9-19-6-12(20)13(22)21(8-14(16,17)18)7-10-2-4-11(15)5-3-10/h2-6,9H,7-8H2,1H3. The average Bonchev–Trinajstić information content (AvgIpc) is 2.84. The van der Waals surface area contributed by atoms with Crippen LogP contribution in [0.25, 0.3) is 0 Å². The molecular weight excluding hydrogens is 302 g/mol. The van der Waals surface area contributed by atoms with Crippen molar-refractivity contribution in [2.45, 2.75) is 12.7 Å². The van der Waals surface area contributed by atoms with Gasteiger partial charge >= 0.3 is 6.18 Å². The molecular formula is C14H13F4N3O. The molecule has 22 heavy (non-hydrogen) atoms. The van der Waals surface area contributed by atoms with E-state index >= 15 is 0 Å². The van der Waals surface area contributed by atoms with Gasteiger partial charge in [0.25, 0.3) is 5.91 Å². The quantitative estimate of drug-likeness (QED) is 0.814. The lowest BCUT2D eigenvalue weighted by Crippen LogP contribution is -2.39. The molecule has 1 heterocycles. The lowest BCUT2D eigenvalue weighted by atomic mass is 10.2. The highest BCUT2D eigenvalue weighted by atomic mass is 19.4. The molecule has 1 amide bonds. The van der Waals surface area contributed by atoms with Crippen LogP contribution >= 0.6 is 0 Å². The SMILES string of the molecule is Cn1cncc1C(=O)N(Cc1ccc(F)cc1)CC(F)(F)F. The second-order valence-corrected chi connectivity index (χ2v) is 4.79. The van der Waals surface area contributed by atoms with E-state index < -0.39 is 24.4 Å². The Morgan fingerprint density at radius 1 is 1.27 bits per heavy atom. The van der Waals surface area contributed by atoms with Crippen LogP contribution in [0.5, 0.6) is 0 Å². The minimum Gasteiger partial charge on any atom is -0.330 e. The Labute approximate surface area is 124 Å². The number of alkyl halides is 3. The molecule has 0 unspecified atom stereocenters. The number of rotatable bonds is 4. The Kier molecular flexibility index (Phi) is 4.48. The molecule has 0 atom stereocenters. The highest BCUT2D eigenvalue weighted by Crippen LogP contribution is 2.20. The zero-order chi connectivity index (χ0) is 16.3. The fourth-order valence-electron chi connectivity index (χ4n) is 1.95. The summed E-state index contributed by atoms with van der Waals surface area (Å²) in [6, 6.07) is 4.95. The van der Waals surface area contributed by atoms with Crippen LogP contribution in [0.3, 0.4) is 0 Å². The van der Waals surface area contributed by atoms with Gasteiger partial charge in [0.2, 0.25) is 0 Å². The molecule has 118 valence electrons. The number of imidazole rings is 1. The van der Waals surface area contributed by atoms with E-state index in [1.165, 1.54) is 36.3 Å². The van der Waals surface area contributed by atoms with Gasteiger partial charge in [-0.05, 0) is 17.7 Å². The molecule has 0 aliphatic heterocycles. The smallest absolute Gasteiger partial charge is 0.330 e. The molecule has 0 saturated carbocycles. The van der Waals surface area contributed by atoms with Crippen molar-refractivity contribution in [2.75, 3.05) is 6.54 Å². The summed E-state index contributed by atoms with van der Waals surface area (Å²) in [5.41, 5.74) is 0.451. The van der Waals surface area contributed by atoms with Gasteiger partial charge < -0.3 is 9.47 Å². The summed E-state index contributed by atoms with van der Waals surface area (Å²) in [5.74, 6) is -1.29. The fraction of sp³-hybridized carbons (Fsp3) is 0.286. The minimum absolute atomic E-state index is 0.0476. The maximum absolute atomic E-state index is 12.9. The van der Waals surface area contributed by atoms with Gasteiger partial charge in [-0.1, -0.05) is 12.1 Å². The molecule has 0 fully saturated rings. The molecule has 0 aliphatic rings. The Bertz CT molecular complexity index is 649.